The van der Waals surface area contributed by atoms with Crippen LogP contribution in [0.1, 0.15) is 20.8 Å². The summed E-state index contributed by atoms with van der Waals surface area (Å²) in [4.78, 5) is 14.5. The maximum absolute atomic E-state index is 12.5. The number of nitrogens with zero attached hydrogens (tertiary/aromatic N) is 1. The van der Waals surface area contributed by atoms with Gasteiger partial charge in [-0.25, -0.2) is 13.1 Å². The van der Waals surface area contributed by atoms with E-state index in [1.54, 1.807) is 26.0 Å². The second-order valence-electron chi connectivity index (χ2n) is 7.11. The van der Waals surface area contributed by atoms with E-state index in [1.807, 2.05) is 49.2 Å². The van der Waals surface area contributed by atoms with Crippen LogP contribution in [0.4, 0.5) is 5.69 Å². The Hall–Kier alpha value is -2.42. The van der Waals surface area contributed by atoms with Crippen LogP contribution in [0.3, 0.4) is 0 Å². The van der Waals surface area contributed by atoms with Gasteiger partial charge in [-0.15, -0.1) is 0 Å². The number of likely N-dealkylation sites (N-methyl/N-ethyl adjacent to an activating group) is 1. The third kappa shape index (κ3) is 7.16. The Morgan fingerprint density at radius 1 is 1.03 bits per heavy atom. The van der Waals surface area contributed by atoms with Crippen molar-refractivity contribution in [1.82, 2.24) is 9.62 Å². The average Bonchev–Trinajstić information content (AvgIpc) is 2.67. The second-order valence-corrected chi connectivity index (χ2v) is 8.82. The number of sulfonamides is 1. The van der Waals surface area contributed by atoms with Crippen molar-refractivity contribution in [3.63, 3.8) is 0 Å². The van der Waals surface area contributed by atoms with E-state index < -0.39 is 10.0 Å². The molecular formula is C21H29N3O4S. The van der Waals surface area contributed by atoms with Gasteiger partial charge in [-0.2, -0.15) is 0 Å². The van der Waals surface area contributed by atoms with Crippen molar-refractivity contribution in [3.8, 4) is 5.75 Å². The Labute approximate surface area is 173 Å². The van der Waals surface area contributed by atoms with Crippen LogP contribution < -0.4 is 14.8 Å². The molecule has 0 radical (unpaired) electrons. The van der Waals surface area contributed by atoms with E-state index in [-0.39, 0.29) is 22.9 Å². The third-order valence-electron chi connectivity index (χ3n) is 4.32. The molecule has 2 aromatic rings. The lowest BCUT2D eigenvalue weighted by atomic mass is 10.2. The summed E-state index contributed by atoms with van der Waals surface area (Å²) in [6.07, 6.45) is 0. The number of hydrogen-bond donors (Lipinski definition) is 2. The predicted octanol–water partition coefficient (Wildman–Crippen LogP) is 2.71. The van der Waals surface area contributed by atoms with Crippen molar-refractivity contribution < 1.29 is 17.9 Å². The quantitative estimate of drug-likeness (QED) is 0.618. The molecule has 0 unspecified atom stereocenters. The Morgan fingerprint density at radius 2 is 1.66 bits per heavy atom. The summed E-state index contributed by atoms with van der Waals surface area (Å²) in [5, 5.41) is 2.81. The Morgan fingerprint density at radius 3 is 2.24 bits per heavy atom. The highest BCUT2D eigenvalue weighted by Crippen LogP contribution is 2.15. The van der Waals surface area contributed by atoms with Gasteiger partial charge < -0.3 is 10.1 Å². The number of anilines is 1. The van der Waals surface area contributed by atoms with Crippen LogP contribution >= 0.6 is 0 Å². The topological polar surface area (TPSA) is 87.7 Å². The Kier molecular flexibility index (Phi) is 8.19. The minimum Gasteiger partial charge on any atom is -0.492 e. The molecule has 2 N–H and O–H groups in total. The molecule has 29 heavy (non-hydrogen) atoms. The van der Waals surface area contributed by atoms with Crippen LogP contribution in [-0.4, -0.2) is 51.5 Å². The standard InChI is InChI=1S/C21H29N3O4S/c1-16(2)23-29(26,27)20-12-10-18(11-13-20)22-21(25)17(3)24(4)14-15-28-19-8-6-5-7-9-19/h5-13,16-17,23H,14-15H2,1-4H3,(H,22,25)/t17-/m0/s1. The van der Waals surface area contributed by atoms with E-state index in [2.05, 4.69) is 10.0 Å². The first-order valence-electron chi connectivity index (χ1n) is 9.50. The first-order chi connectivity index (χ1) is 13.7. The molecular weight excluding hydrogens is 390 g/mol. The van der Waals surface area contributed by atoms with Gasteiger partial charge in [0, 0.05) is 18.3 Å². The summed E-state index contributed by atoms with van der Waals surface area (Å²) in [5.41, 5.74) is 0.541. The number of carbonyl (C=O) groups is 1. The largest absolute Gasteiger partial charge is 0.492 e. The number of ether oxygens (including phenoxy) is 1. The van der Waals surface area contributed by atoms with E-state index in [1.165, 1.54) is 12.1 Å². The fourth-order valence-electron chi connectivity index (χ4n) is 2.56. The molecule has 8 heteroatoms. The van der Waals surface area contributed by atoms with E-state index in [4.69, 9.17) is 4.74 Å². The number of para-hydroxylation sites is 1. The van der Waals surface area contributed by atoms with Gasteiger partial charge >= 0.3 is 0 Å². The SMILES string of the molecule is CC(C)NS(=O)(=O)c1ccc(NC(=O)[C@H](C)N(C)CCOc2ccccc2)cc1. The summed E-state index contributed by atoms with van der Waals surface area (Å²) in [6.45, 7) is 6.38. The molecule has 0 aliphatic heterocycles. The smallest absolute Gasteiger partial charge is 0.241 e. The van der Waals surface area contributed by atoms with E-state index in [9.17, 15) is 13.2 Å². The molecule has 7 nitrogen and oxygen atoms in total. The van der Waals surface area contributed by atoms with E-state index >= 15 is 0 Å². The Bertz CT molecular complexity index is 884. The van der Waals surface area contributed by atoms with Crippen molar-refractivity contribution in [3.05, 3.63) is 54.6 Å². The fourth-order valence-corrected chi connectivity index (χ4v) is 3.81. The zero-order valence-electron chi connectivity index (χ0n) is 17.3. The van der Waals surface area contributed by atoms with Crippen molar-refractivity contribution >= 4 is 21.6 Å². The highest BCUT2D eigenvalue weighted by atomic mass is 32.2. The first-order valence-corrected chi connectivity index (χ1v) is 11.0. The molecule has 0 fully saturated rings. The summed E-state index contributed by atoms with van der Waals surface area (Å²) in [6, 6.07) is 15.1. The maximum atomic E-state index is 12.5. The maximum Gasteiger partial charge on any atom is 0.241 e. The van der Waals surface area contributed by atoms with Crippen LogP contribution in [0.5, 0.6) is 5.75 Å². The third-order valence-corrected chi connectivity index (χ3v) is 5.99. The molecule has 0 aliphatic carbocycles. The van der Waals surface area contributed by atoms with Crippen molar-refractivity contribution in [2.45, 2.75) is 37.8 Å². The monoisotopic (exact) mass is 419 g/mol. The zero-order valence-corrected chi connectivity index (χ0v) is 18.1. The Balaban J connectivity index is 1.86. The molecule has 2 rings (SSSR count). The molecule has 0 aromatic heterocycles. The minimum atomic E-state index is -3.55. The summed E-state index contributed by atoms with van der Waals surface area (Å²) < 4.78 is 32.5. The number of benzene rings is 2. The normalized spacial score (nSPS) is 12.8. The van der Waals surface area contributed by atoms with Gasteiger partial charge in [0.1, 0.15) is 12.4 Å². The number of amides is 1. The molecule has 2 aromatic carbocycles. The lowest BCUT2D eigenvalue weighted by Crippen LogP contribution is -2.41. The average molecular weight is 420 g/mol. The molecule has 1 amide bonds. The summed E-state index contributed by atoms with van der Waals surface area (Å²) in [5.74, 6) is 0.614. The second kappa shape index (κ2) is 10.4. The van der Waals surface area contributed by atoms with Crippen LogP contribution in [0.25, 0.3) is 0 Å². The van der Waals surface area contributed by atoms with Gasteiger partial charge in [0.15, 0.2) is 0 Å². The summed E-state index contributed by atoms with van der Waals surface area (Å²) in [7, 11) is -1.70. The fraction of sp³-hybridized carbons (Fsp3) is 0.381. The van der Waals surface area contributed by atoms with Gasteiger partial charge in [-0.3, -0.25) is 9.69 Å². The van der Waals surface area contributed by atoms with Gasteiger partial charge in [-0.1, -0.05) is 18.2 Å². The highest BCUT2D eigenvalue weighted by Gasteiger charge is 2.19. The van der Waals surface area contributed by atoms with Gasteiger partial charge in [-0.05, 0) is 64.2 Å². The molecule has 1 atom stereocenters. The predicted molar refractivity (Wildman–Crippen MR) is 115 cm³/mol. The van der Waals surface area contributed by atoms with Crippen LogP contribution in [0, 0.1) is 0 Å². The minimum absolute atomic E-state index is 0.160. The first kappa shape index (κ1) is 22.9. The van der Waals surface area contributed by atoms with Gasteiger partial charge in [0.2, 0.25) is 15.9 Å². The van der Waals surface area contributed by atoms with Crippen molar-refractivity contribution in [2.75, 3.05) is 25.5 Å². The van der Waals surface area contributed by atoms with Crippen LogP contribution in [0.2, 0.25) is 0 Å². The summed E-state index contributed by atoms with van der Waals surface area (Å²) >= 11 is 0. The number of carbonyl (C=O) groups excluding carboxylic acids is 1. The molecule has 0 aliphatic rings. The highest BCUT2D eigenvalue weighted by molar-refractivity contribution is 7.89. The molecule has 0 saturated heterocycles. The molecule has 0 spiro atoms. The van der Waals surface area contributed by atoms with Crippen LogP contribution in [-0.2, 0) is 14.8 Å². The number of rotatable bonds is 10. The molecule has 0 saturated carbocycles. The lowest BCUT2D eigenvalue weighted by molar-refractivity contribution is -0.120. The number of hydrogen-bond acceptors (Lipinski definition) is 5. The van der Waals surface area contributed by atoms with Gasteiger partial charge in [0.25, 0.3) is 0 Å². The number of nitrogens with one attached hydrogen (secondary N) is 2. The van der Waals surface area contributed by atoms with Crippen LogP contribution in [0.15, 0.2) is 59.5 Å². The molecule has 0 bridgehead atoms. The molecule has 0 heterocycles. The van der Waals surface area contributed by atoms with Crippen molar-refractivity contribution in [1.29, 1.82) is 0 Å². The lowest BCUT2D eigenvalue weighted by Gasteiger charge is -2.24. The van der Waals surface area contributed by atoms with Gasteiger partial charge in [0.05, 0.1) is 10.9 Å². The van der Waals surface area contributed by atoms with E-state index in [0.717, 1.165) is 5.75 Å². The molecule has 158 valence electrons. The van der Waals surface area contributed by atoms with E-state index in [0.29, 0.717) is 18.8 Å². The zero-order chi connectivity index (χ0) is 21.4. The van der Waals surface area contributed by atoms with Crippen molar-refractivity contribution in [2.24, 2.45) is 0 Å².